The Kier molecular flexibility index (Phi) is 5.04. The van der Waals surface area contributed by atoms with Crippen LogP contribution in [-0.4, -0.2) is 48.8 Å². The highest BCUT2D eigenvalue weighted by atomic mass is 16.5. The molecule has 0 radical (unpaired) electrons. The van der Waals surface area contributed by atoms with Crippen LogP contribution in [0.2, 0.25) is 0 Å². The molecular weight excluding hydrogens is 266 g/mol. The van der Waals surface area contributed by atoms with Crippen LogP contribution < -0.4 is 5.32 Å². The van der Waals surface area contributed by atoms with Crippen LogP contribution in [0.15, 0.2) is 24.8 Å². The summed E-state index contributed by atoms with van der Waals surface area (Å²) in [6.07, 6.45) is 3.71. The molecule has 0 aromatic carbocycles. The summed E-state index contributed by atoms with van der Waals surface area (Å²) >= 11 is 0. The van der Waals surface area contributed by atoms with Crippen molar-refractivity contribution in [2.24, 2.45) is 5.92 Å². The molecule has 0 aromatic heterocycles. The molecule has 3 atom stereocenters. The largest absolute Gasteiger partial charge is 0.469 e. The molecule has 0 unspecified atom stereocenters. The number of carbonyl (C=O) groups excluding carboxylic acids is 3. The van der Waals surface area contributed by atoms with Gasteiger partial charge in [-0.15, -0.1) is 0 Å². The Hall–Kier alpha value is -2.15. The lowest BCUT2D eigenvalue weighted by atomic mass is 9.81. The van der Waals surface area contributed by atoms with Crippen LogP contribution in [0.1, 0.15) is 6.42 Å². The molecule has 1 rings (SSSR count). The second-order valence-electron chi connectivity index (χ2n) is 4.31. The second-order valence-corrected chi connectivity index (χ2v) is 4.31. The minimum absolute atomic E-state index is 0.520. The molecule has 0 aromatic rings. The first-order chi connectivity index (χ1) is 9.40. The number of hydrogen-bond acceptors (Lipinski definition) is 6. The van der Waals surface area contributed by atoms with Gasteiger partial charge in [0.2, 0.25) is 5.91 Å². The predicted molar refractivity (Wildman–Crippen MR) is 68.4 cm³/mol. The van der Waals surface area contributed by atoms with E-state index in [0.29, 0.717) is 0 Å². The molecule has 0 aliphatic carbocycles. The van der Waals surface area contributed by atoms with E-state index in [1.807, 2.05) is 0 Å². The first-order valence-corrected chi connectivity index (χ1v) is 5.87. The molecule has 7 heteroatoms. The summed E-state index contributed by atoms with van der Waals surface area (Å²) < 4.78 is 9.03. The molecule has 1 aliphatic heterocycles. The van der Waals surface area contributed by atoms with Crippen molar-refractivity contribution in [3.8, 4) is 0 Å². The average molecular weight is 283 g/mol. The maximum absolute atomic E-state index is 11.9. The fourth-order valence-corrected chi connectivity index (χ4v) is 2.10. The van der Waals surface area contributed by atoms with Crippen LogP contribution in [0.25, 0.3) is 0 Å². The predicted octanol–water partition coefficient (Wildman–Crippen LogP) is -0.690. The number of carbonyl (C=O) groups is 3. The quantitative estimate of drug-likeness (QED) is 0.511. The molecule has 110 valence electrons. The maximum Gasteiger partial charge on any atom is 0.331 e. The van der Waals surface area contributed by atoms with Gasteiger partial charge in [-0.2, -0.15) is 0 Å². The van der Waals surface area contributed by atoms with Crippen LogP contribution in [0, 0.1) is 5.92 Å². The number of esters is 2. The monoisotopic (exact) mass is 283 g/mol. The highest BCUT2D eigenvalue weighted by Crippen LogP contribution is 2.34. The Balaban J connectivity index is 3.18. The molecule has 0 spiro atoms. The summed E-state index contributed by atoms with van der Waals surface area (Å²) in [7, 11) is 2.28. The van der Waals surface area contributed by atoms with E-state index in [1.54, 1.807) is 0 Å². The number of allylic oxidation sites excluding steroid dienone is 2. The average Bonchev–Trinajstić information content (AvgIpc) is 2.67. The Morgan fingerprint density at radius 3 is 2.60 bits per heavy atom. The number of methoxy groups -OCH3 is 2. The van der Waals surface area contributed by atoms with Crippen LogP contribution in [0.5, 0.6) is 0 Å². The number of ether oxygens (including phenoxy) is 2. The number of hydrogen-bond donors (Lipinski definition) is 2. The standard InChI is InChI=1S/C13H17NO6/c1-4-5-6-8-11(16)14-10(12(17)20-3)13(8,18)7-9(15)19-2/h4-6,8,10,18H,1,7H2,2-3H3,(H,14,16)/b6-5+/t8-,10+,13-/m1/s1. The normalized spacial score (nSPS) is 29.1. The fourth-order valence-electron chi connectivity index (χ4n) is 2.10. The summed E-state index contributed by atoms with van der Waals surface area (Å²) in [5.74, 6) is -3.23. The third-order valence-electron chi connectivity index (χ3n) is 3.14. The maximum atomic E-state index is 11.9. The summed E-state index contributed by atoms with van der Waals surface area (Å²) in [5.41, 5.74) is -1.95. The molecule has 1 fully saturated rings. The lowest BCUT2D eigenvalue weighted by Crippen LogP contribution is -2.52. The van der Waals surface area contributed by atoms with Crippen molar-refractivity contribution < 1.29 is 29.0 Å². The van der Waals surface area contributed by atoms with Gasteiger partial charge in [-0.25, -0.2) is 4.79 Å². The van der Waals surface area contributed by atoms with E-state index in [0.717, 1.165) is 14.2 Å². The molecule has 0 saturated carbocycles. The summed E-state index contributed by atoms with van der Waals surface area (Å²) in [6, 6.07) is -1.33. The van der Waals surface area contributed by atoms with Crippen molar-refractivity contribution >= 4 is 17.8 Å². The summed E-state index contributed by atoms with van der Waals surface area (Å²) in [4.78, 5) is 35.0. The molecule has 1 heterocycles. The van der Waals surface area contributed by atoms with E-state index in [-0.39, 0.29) is 0 Å². The summed E-state index contributed by atoms with van der Waals surface area (Å²) in [6.45, 7) is 3.46. The molecular formula is C13H17NO6. The van der Waals surface area contributed by atoms with Crippen molar-refractivity contribution in [1.82, 2.24) is 5.32 Å². The second kappa shape index (κ2) is 6.33. The van der Waals surface area contributed by atoms with Gasteiger partial charge >= 0.3 is 11.9 Å². The Labute approximate surface area is 116 Å². The van der Waals surface area contributed by atoms with E-state index in [2.05, 4.69) is 21.4 Å². The van der Waals surface area contributed by atoms with Crippen LogP contribution in [-0.2, 0) is 23.9 Å². The molecule has 1 saturated heterocycles. The zero-order chi connectivity index (χ0) is 15.3. The van der Waals surface area contributed by atoms with Gasteiger partial charge in [0.05, 0.1) is 26.6 Å². The third-order valence-corrected chi connectivity index (χ3v) is 3.14. The van der Waals surface area contributed by atoms with E-state index in [9.17, 15) is 19.5 Å². The van der Waals surface area contributed by atoms with Gasteiger partial charge in [0, 0.05) is 0 Å². The van der Waals surface area contributed by atoms with Gasteiger partial charge in [-0.3, -0.25) is 9.59 Å². The van der Waals surface area contributed by atoms with Gasteiger partial charge < -0.3 is 19.9 Å². The minimum Gasteiger partial charge on any atom is -0.469 e. The Morgan fingerprint density at radius 2 is 2.10 bits per heavy atom. The Bertz CT molecular complexity index is 458. The van der Waals surface area contributed by atoms with E-state index in [4.69, 9.17) is 0 Å². The number of rotatable bonds is 5. The molecule has 0 bridgehead atoms. The molecule has 2 N–H and O–H groups in total. The molecule has 20 heavy (non-hydrogen) atoms. The zero-order valence-electron chi connectivity index (χ0n) is 11.3. The Morgan fingerprint density at radius 1 is 1.45 bits per heavy atom. The van der Waals surface area contributed by atoms with Crippen LogP contribution in [0.3, 0.4) is 0 Å². The number of amides is 1. The fraction of sp³-hybridized carbons (Fsp3) is 0.462. The van der Waals surface area contributed by atoms with Crippen molar-refractivity contribution in [2.45, 2.75) is 18.1 Å². The van der Waals surface area contributed by atoms with Crippen molar-refractivity contribution in [2.75, 3.05) is 14.2 Å². The van der Waals surface area contributed by atoms with Crippen molar-refractivity contribution in [1.29, 1.82) is 0 Å². The minimum atomic E-state index is -1.95. The first kappa shape index (κ1) is 15.9. The third kappa shape index (κ3) is 2.88. The van der Waals surface area contributed by atoms with Crippen LogP contribution >= 0.6 is 0 Å². The van der Waals surface area contributed by atoms with E-state index < -0.39 is 41.8 Å². The number of nitrogens with one attached hydrogen (secondary N) is 1. The van der Waals surface area contributed by atoms with Crippen LogP contribution in [0.4, 0.5) is 0 Å². The first-order valence-electron chi connectivity index (χ1n) is 5.87. The molecule has 1 aliphatic rings. The highest BCUT2D eigenvalue weighted by molar-refractivity contribution is 5.94. The molecule has 1 amide bonds. The smallest absolute Gasteiger partial charge is 0.331 e. The highest BCUT2D eigenvalue weighted by Gasteiger charge is 2.57. The molecule has 7 nitrogen and oxygen atoms in total. The lowest BCUT2D eigenvalue weighted by Gasteiger charge is -2.29. The zero-order valence-corrected chi connectivity index (χ0v) is 11.3. The van der Waals surface area contributed by atoms with E-state index in [1.165, 1.54) is 18.2 Å². The lowest BCUT2D eigenvalue weighted by molar-refractivity contribution is -0.155. The number of aliphatic hydroxyl groups is 1. The summed E-state index contributed by atoms with van der Waals surface area (Å²) in [5, 5.41) is 13.0. The van der Waals surface area contributed by atoms with Crippen molar-refractivity contribution in [3.63, 3.8) is 0 Å². The van der Waals surface area contributed by atoms with E-state index >= 15 is 0 Å². The van der Waals surface area contributed by atoms with Gasteiger partial charge in [-0.1, -0.05) is 24.8 Å². The van der Waals surface area contributed by atoms with Gasteiger partial charge in [0.15, 0.2) is 6.04 Å². The van der Waals surface area contributed by atoms with Crippen molar-refractivity contribution in [3.05, 3.63) is 24.8 Å². The SMILES string of the molecule is C=C/C=C/[C@@H]1C(=O)N[C@@H](C(=O)OC)[C@@]1(O)CC(=O)OC. The van der Waals surface area contributed by atoms with Gasteiger partial charge in [0.25, 0.3) is 0 Å². The van der Waals surface area contributed by atoms with Gasteiger partial charge in [0.1, 0.15) is 5.60 Å². The topological polar surface area (TPSA) is 102 Å². The van der Waals surface area contributed by atoms with Gasteiger partial charge in [-0.05, 0) is 0 Å².